The topological polar surface area (TPSA) is 68.7 Å². The van der Waals surface area contributed by atoms with Crippen molar-refractivity contribution in [3.63, 3.8) is 0 Å². The normalized spacial score (nSPS) is 11.5. The zero-order valence-corrected chi connectivity index (χ0v) is 16.8. The quantitative estimate of drug-likeness (QED) is 0.453. The fourth-order valence-corrected chi connectivity index (χ4v) is 3.49. The number of aromatic nitrogens is 1. The average Bonchev–Trinajstić information content (AvgIpc) is 2.64. The van der Waals surface area contributed by atoms with Gasteiger partial charge in [0, 0.05) is 26.0 Å². The standard InChI is InChI=1S/C18H24N2O4S2/c1-4-11-23-15-5-7-16(8-6-15)24-12-13-25-18-10-9-17(14-19-18)26(21,22)20(2)3/h5-10,14H,4,11-13H2,1-3H3. The molecule has 0 unspecified atom stereocenters. The molecule has 0 radical (unpaired) electrons. The van der Waals surface area contributed by atoms with Crippen LogP contribution in [0.3, 0.4) is 0 Å². The molecule has 0 saturated heterocycles. The van der Waals surface area contributed by atoms with Crippen LogP contribution in [0.15, 0.2) is 52.5 Å². The van der Waals surface area contributed by atoms with Crippen molar-refractivity contribution in [2.24, 2.45) is 0 Å². The second-order valence-electron chi connectivity index (χ2n) is 5.64. The summed E-state index contributed by atoms with van der Waals surface area (Å²) >= 11 is 1.51. The van der Waals surface area contributed by atoms with Crippen molar-refractivity contribution in [2.75, 3.05) is 33.1 Å². The summed E-state index contributed by atoms with van der Waals surface area (Å²) in [6.45, 7) is 3.30. The number of pyridine rings is 1. The van der Waals surface area contributed by atoms with E-state index in [1.807, 2.05) is 24.3 Å². The van der Waals surface area contributed by atoms with Gasteiger partial charge in [-0.15, -0.1) is 11.8 Å². The van der Waals surface area contributed by atoms with Gasteiger partial charge in [-0.1, -0.05) is 6.92 Å². The molecule has 2 aromatic rings. The third-order valence-corrected chi connectivity index (χ3v) is 6.09. The first-order chi connectivity index (χ1) is 12.4. The van der Waals surface area contributed by atoms with Gasteiger partial charge in [-0.25, -0.2) is 17.7 Å². The van der Waals surface area contributed by atoms with E-state index in [1.165, 1.54) is 36.4 Å². The van der Waals surface area contributed by atoms with Gasteiger partial charge in [0.25, 0.3) is 0 Å². The van der Waals surface area contributed by atoms with Crippen LogP contribution in [0.2, 0.25) is 0 Å². The summed E-state index contributed by atoms with van der Waals surface area (Å²) in [7, 11) is -0.442. The van der Waals surface area contributed by atoms with Crippen molar-refractivity contribution in [1.82, 2.24) is 9.29 Å². The van der Waals surface area contributed by atoms with E-state index in [-0.39, 0.29) is 4.90 Å². The SMILES string of the molecule is CCCOc1ccc(OCCSc2ccc(S(=O)(=O)N(C)C)cn2)cc1. The van der Waals surface area contributed by atoms with Crippen molar-refractivity contribution < 1.29 is 17.9 Å². The van der Waals surface area contributed by atoms with Crippen LogP contribution < -0.4 is 9.47 Å². The second kappa shape index (κ2) is 9.80. The summed E-state index contributed by atoms with van der Waals surface area (Å²) in [6, 6.07) is 10.8. The van der Waals surface area contributed by atoms with Crippen LogP contribution in [0.5, 0.6) is 11.5 Å². The van der Waals surface area contributed by atoms with Gasteiger partial charge in [0.2, 0.25) is 10.0 Å². The molecule has 0 spiro atoms. The first kappa shape index (κ1) is 20.5. The lowest BCUT2D eigenvalue weighted by atomic mass is 10.3. The van der Waals surface area contributed by atoms with Crippen LogP contribution in [0.25, 0.3) is 0 Å². The van der Waals surface area contributed by atoms with Gasteiger partial charge in [-0.2, -0.15) is 0 Å². The Morgan fingerprint density at radius 3 is 2.12 bits per heavy atom. The third-order valence-electron chi connectivity index (χ3n) is 3.39. The smallest absolute Gasteiger partial charge is 0.244 e. The maximum atomic E-state index is 12.0. The maximum absolute atomic E-state index is 12.0. The van der Waals surface area contributed by atoms with Crippen molar-refractivity contribution >= 4 is 21.8 Å². The molecular formula is C18H24N2O4S2. The van der Waals surface area contributed by atoms with Gasteiger partial charge < -0.3 is 9.47 Å². The van der Waals surface area contributed by atoms with Crippen LogP contribution in [0.1, 0.15) is 13.3 Å². The molecule has 1 aromatic carbocycles. The van der Waals surface area contributed by atoms with Crippen molar-refractivity contribution in [1.29, 1.82) is 0 Å². The highest BCUT2D eigenvalue weighted by Crippen LogP contribution is 2.20. The fourth-order valence-electron chi connectivity index (χ4n) is 1.97. The van der Waals surface area contributed by atoms with Gasteiger partial charge in [0.05, 0.1) is 18.2 Å². The summed E-state index contributed by atoms with van der Waals surface area (Å²) in [4.78, 5) is 4.39. The van der Waals surface area contributed by atoms with Crippen molar-refractivity contribution in [3.8, 4) is 11.5 Å². The number of benzene rings is 1. The Hall–Kier alpha value is -1.77. The lowest BCUT2D eigenvalue weighted by molar-refractivity contribution is 0.314. The number of hydrogen-bond acceptors (Lipinski definition) is 6. The lowest BCUT2D eigenvalue weighted by Gasteiger charge is -2.11. The number of rotatable bonds is 10. The first-order valence-electron chi connectivity index (χ1n) is 8.30. The van der Waals surface area contributed by atoms with E-state index in [2.05, 4.69) is 11.9 Å². The number of hydrogen-bond donors (Lipinski definition) is 0. The highest BCUT2D eigenvalue weighted by Gasteiger charge is 2.17. The predicted molar refractivity (Wildman–Crippen MR) is 104 cm³/mol. The Bertz CT molecular complexity index is 776. The molecule has 0 aliphatic carbocycles. The summed E-state index contributed by atoms with van der Waals surface area (Å²) in [5.74, 6) is 2.33. The van der Waals surface area contributed by atoms with Crippen LogP contribution >= 0.6 is 11.8 Å². The highest BCUT2D eigenvalue weighted by atomic mass is 32.2. The Labute approximate surface area is 159 Å². The van der Waals surface area contributed by atoms with Crippen LogP contribution in [0.4, 0.5) is 0 Å². The number of thioether (sulfide) groups is 1. The molecule has 0 N–H and O–H groups in total. The van der Waals surface area contributed by atoms with Crippen LogP contribution in [-0.4, -0.2) is 50.8 Å². The molecule has 0 bridgehead atoms. The minimum atomic E-state index is -3.44. The molecule has 1 aromatic heterocycles. The molecule has 0 amide bonds. The van der Waals surface area contributed by atoms with Crippen LogP contribution in [0, 0.1) is 0 Å². The molecule has 142 valence electrons. The molecule has 0 aliphatic heterocycles. The largest absolute Gasteiger partial charge is 0.494 e. The van der Waals surface area contributed by atoms with E-state index >= 15 is 0 Å². The molecule has 1 heterocycles. The molecule has 26 heavy (non-hydrogen) atoms. The van der Waals surface area contributed by atoms with E-state index < -0.39 is 10.0 Å². The second-order valence-corrected chi connectivity index (χ2v) is 8.90. The number of nitrogens with zero attached hydrogens (tertiary/aromatic N) is 2. The average molecular weight is 397 g/mol. The summed E-state index contributed by atoms with van der Waals surface area (Å²) in [6.07, 6.45) is 2.36. The van der Waals surface area contributed by atoms with Gasteiger partial charge in [0.1, 0.15) is 16.4 Å². The lowest BCUT2D eigenvalue weighted by Crippen LogP contribution is -2.22. The number of sulfonamides is 1. The fraction of sp³-hybridized carbons (Fsp3) is 0.389. The molecular weight excluding hydrogens is 372 g/mol. The monoisotopic (exact) mass is 396 g/mol. The Morgan fingerprint density at radius 1 is 1.00 bits per heavy atom. The third kappa shape index (κ3) is 5.89. The van der Waals surface area contributed by atoms with E-state index in [9.17, 15) is 8.42 Å². The Morgan fingerprint density at radius 2 is 1.62 bits per heavy atom. The van der Waals surface area contributed by atoms with Gasteiger partial charge >= 0.3 is 0 Å². The number of ether oxygens (including phenoxy) is 2. The van der Waals surface area contributed by atoms with E-state index in [1.54, 1.807) is 12.1 Å². The minimum absolute atomic E-state index is 0.188. The van der Waals surface area contributed by atoms with E-state index in [4.69, 9.17) is 9.47 Å². The molecule has 0 fully saturated rings. The molecule has 0 aliphatic rings. The highest BCUT2D eigenvalue weighted by molar-refractivity contribution is 7.99. The molecule has 0 atom stereocenters. The van der Waals surface area contributed by atoms with Crippen molar-refractivity contribution in [3.05, 3.63) is 42.6 Å². The summed E-state index contributed by atoms with van der Waals surface area (Å²) in [5.41, 5.74) is 0. The van der Waals surface area contributed by atoms with Crippen LogP contribution in [-0.2, 0) is 10.0 Å². The summed E-state index contributed by atoms with van der Waals surface area (Å²) in [5, 5.41) is 0.759. The Balaban J connectivity index is 1.78. The summed E-state index contributed by atoms with van der Waals surface area (Å²) < 4.78 is 36.4. The Kier molecular flexibility index (Phi) is 7.74. The first-order valence-corrected chi connectivity index (χ1v) is 10.7. The zero-order valence-electron chi connectivity index (χ0n) is 15.2. The molecule has 6 nitrogen and oxygen atoms in total. The maximum Gasteiger partial charge on any atom is 0.244 e. The molecule has 2 rings (SSSR count). The van der Waals surface area contributed by atoms with Gasteiger partial charge in [0.15, 0.2) is 0 Å². The zero-order chi connectivity index (χ0) is 19.0. The minimum Gasteiger partial charge on any atom is -0.494 e. The molecule has 0 saturated carbocycles. The van der Waals surface area contributed by atoms with E-state index in [0.717, 1.165) is 22.9 Å². The van der Waals surface area contributed by atoms with Gasteiger partial charge in [-0.05, 0) is 42.8 Å². The van der Waals surface area contributed by atoms with E-state index in [0.29, 0.717) is 19.0 Å². The van der Waals surface area contributed by atoms with Crippen molar-refractivity contribution in [2.45, 2.75) is 23.3 Å². The predicted octanol–water partition coefficient (Wildman–Crippen LogP) is 3.29. The molecule has 8 heteroatoms. The van der Waals surface area contributed by atoms with Gasteiger partial charge in [-0.3, -0.25) is 0 Å².